The number of ether oxygens (including phenoxy) is 2. The van der Waals surface area contributed by atoms with Gasteiger partial charge in [-0.25, -0.2) is 4.79 Å². The molecule has 0 fully saturated rings. The predicted octanol–water partition coefficient (Wildman–Crippen LogP) is 2.57. The summed E-state index contributed by atoms with van der Waals surface area (Å²) < 4.78 is 21.2. The second-order valence-corrected chi connectivity index (χ2v) is 6.87. The first-order chi connectivity index (χ1) is 9.75. The molecule has 0 aromatic rings. The zero-order valence-corrected chi connectivity index (χ0v) is 14.8. The molecule has 0 unspecified atom stereocenters. The average molecular weight is 322 g/mol. The fourth-order valence-electron chi connectivity index (χ4n) is 1.45. The number of esters is 2. The van der Waals surface area contributed by atoms with Crippen LogP contribution in [0.15, 0.2) is 0 Å². The number of hydrogen-bond acceptors (Lipinski definition) is 6. The standard InChI is InChI=1S/C14H27O6P/c1-7-17-13(16)11(21(18-8-2)19-9-3)10-12(15)20-14(4,5)6/h21H,7-10H2,1-6H3. The quantitative estimate of drug-likeness (QED) is 0.505. The molecule has 124 valence electrons. The van der Waals surface area contributed by atoms with E-state index >= 15 is 0 Å². The van der Waals surface area contributed by atoms with Crippen molar-refractivity contribution in [3.05, 3.63) is 0 Å². The van der Waals surface area contributed by atoms with Crippen molar-refractivity contribution in [1.29, 1.82) is 0 Å². The molecular weight excluding hydrogens is 295 g/mol. The van der Waals surface area contributed by atoms with Gasteiger partial charge in [0.25, 0.3) is 0 Å². The third kappa shape index (κ3) is 8.91. The highest BCUT2D eigenvalue weighted by atomic mass is 31.1. The summed E-state index contributed by atoms with van der Waals surface area (Å²) in [5.41, 5.74) is -0.610. The number of hydrogen-bond donors (Lipinski definition) is 0. The van der Waals surface area contributed by atoms with Crippen LogP contribution in [0.2, 0.25) is 0 Å². The van der Waals surface area contributed by atoms with E-state index in [0.717, 1.165) is 0 Å². The predicted molar refractivity (Wildman–Crippen MR) is 83.7 cm³/mol. The van der Waals surface area contributed by atoms with Gasteiger partial charge in [0.05, 0.1) is 31.5 Å². The monoisotopic (exact) mass is 322 g/mol. The lowest BCUT2D eigenvalue weighted by Crippen LogP contribution is -2.28. The van der Waals surface area contributed by atoms with Gasteiger partial charge in [-0.3, -0.25) is 4.79 Å². The number of rotatable bonds is 8. The van der Waals surface area contributed by atoms with Crippen molar-refractivity contribution in [1.82, 2.24) is 0 Å². The third-order valence-electron chi connectivity index (χ3n) is 2.06. The highest BCUT2D eigenvalue weighted by Gasteiger charge is 2.24. The Morgan fingerprint density at radius 2 is 1.48 bits per heavy atom. The van der Waals surface area contributed by atoms with Crippen LogP contribution >= 0.6 is 8.00 Å². The van der Waals surface area contributed by atoms with Crippen LogP contribution in [0.25, 0.3) is 0 Å². The molecule has 21 heavy (non-hydrogen) atoms. The van der Waals surface area contributed by atoms with Crippen molar-refractivity contribution >= 4 is 25.2 Å². The lowest BCUT2D eigenvalue weighted by Gasteiger charge is -2.20. The van der Waals surface area contributed by atoms with Gasteiger partial charge in [-0.2, -0.15) is 0 Å². The Morgan fingerprint density at radius 1 is 0.952 bits per heavy atom. The van der Waals surface area contributed by atoms with E-state index in [1.165, 1.54) is 0 Å². The van der Waals surface area contributed by atoms with E-state index in [4.69, 9.17) is 18.5 Å². The van der Waals surface area contributed by atoms with Crippen LogP contribution in [0, 0.1) is 0 Å². The second kappa shape index (κ2) is 9.98. The zero-order chi connectivity index (χ0) is 16.5. The summed E-state index contributed by atoms with van der Waals surface area (Å²) in [5.74, 6) is -1.05. The first kappa shape index (κ1) is 20.2. The maximum Gasteiger partial charge on any atom is 0.338 e. The molecule has 0 radical (unpaired) electrons. The smallest absolute Gasteiger partial charge is 0.338 e. The topological polar surface area (TPSA) is 71.1 Å². The van der Waals surface area contributed by atoms with Gasteiger partial charge in [0.1, 0.15) is 13.6 Å². The Hall–Kier alpha value is -0.840. The molecule has 0 aliphatic heterocycles. The Kier molecular flexibility index (Phi) is 9.58. The maximum atomic E-state index is 12.0. The third-order valence-corrected chi connectivity index (χ3v) is 4.04. The molecule has 0 aromatic carbocycles. The molecule has 0 N–H and O–H groups in total. The molecule has 0 rings (SSSR count). The lowest BCUT2D eigenvalue weighted by atomic mass is 10.2. The van der Waals surface area contributed by atoms with Crippen LogP contribution in [0.3, 0.4) is 0 Å². The summed E-state index contributed by atoms with van der Waals surface area (Å²) in [5, 5.41) is 0.222. The minimum atomic E-state index is -2.01. The van der Waals surface area contributed by atoms with E-state index in [2.05, 4.69) is 0 Å². The fraction of sp³-hybridized carbons (Fsp3) is 0.786. The molecule has 0 aliphatic carbocycles. The van der Waals surface area contributed by atoms with E-state index in [1.807, 2.05) is 0 Å². The van der Waals surface area contributed by atoms with E-state index in [-0.39, 0.29) is 18.3 Å². The minimum absolute atomic E-state index is 0.176. The van der Waals surface area contributed by atoms with Gasteiger partial charge in [-0.05, 0) is 41.5 Å². The SMILES string of the molecule is CCOC(=O)C(CC(=O)OC(C)(C)C)=[PH](OCC)OCC. The minimum Gasteiger partial charge on any atom is -0.462 e. The Morgan fingerprint density at radius 3 is 1.86 bits per heavy atom. The average Bonchev–Trinajstić information content (AvgIpc) is 2.34. The summed E-state index contributed by atoms with van der Waals surface area (Å²) in [6.45, 7) is 11.6. The normalized spacial score (nSPS) is 11.4. The van der Waals surface area contributed by atoms with Crippen LogP contribution in [-0.4, -0.2) is 42.7 Å². The summed E-state index contributed by atoms with van der Waals surface area (Å²) in [6.07, 6.45) is -0.176. The first-order valence-electron chi connectivity index (χ1n) is 7.12. The molecule has 6 nitrogen and oxygen atoms in total. The van der Waals surface area contributed by atoms with E-state index < -0.39 is 25.5 Å². The van der Waals surface area contributed by atoms with E-state index in [1.54, 1.807) is 41.5 Å². The largest absolute Gasteiger partial charge is 0.462 e. The van der Waals surface area contributed by atoms with E-state index in [0.29, 0.717) is 13.2 Å². The molecule has 0 aliphatic rings. The van der Waals surface area contributed by atoms with Crippen molar-refractivity contribution in [3.8, 4) is 0 Å². The van der Waals surface area contributed by atoms with Crippen molar-refractivity contribution < 1.29 is 28.1 Å². The van der Waals surface area contributed by atoms with Gasteiger partial charge in [0.15, 0.2) is 0 Å². The molecular formula is C14H27O6P. The molecule has 0 saturated heterocycles. The van der Waals surface area contributed by atoms with Crippen LogP contribution in [0.4, 0.5) is 0 Å². The van der Waals surface area contributed by atoms with Gasteiger partial charge in [0, 0.05) is 0 Å². The molecule has 0 spiro atoms. The number of carbonyl (C=O) groups is 2. The van der Waals surface area contributed by atoms with Crippen LogP contribution < -0.4 is 0 Å². The molecule has 7 heteroatoms. The van der Waals surface area contributed by atoms with Gasteiger partial charge >= 0.3 is 11.9 Å². The van der Waals surface area contributed by atoms with Crippen molar-refractivity contribution in [2.45, 2.75) is 53.6 Å². The maximum absolute atomic E-state index is 12.0. The van der Waals surface area contributed by atoms with Crippen LogP contribution in [0.1, 0.15) is 48.0 Å². The summed E-state index contributed by atoms with van der Waals surface area (Å²) in [6, 6.07) is 0. The Balaban J connectivity index is 5.25. The van der Waals surface area contributed by atoms with Gasteiger partial charge < -0.3 is 18.5 Å². The molecule has 0 bridgehead atoms. The van der Waals surface area contributed by atoms with Gasteiger partial charge in [0.2, 0.25) is 0 Å². The summed E-state index contributed by atoms with van der Waals surface area (Å²) in [7, 11) is -2.01. The van der Waals surface area contributed by atoms with E-state index in [9.17, 15) is 9.59 Å². The first-order valence-corrected chi connectivity index (χ1v) is 8.44. The van der Waals surface area contributed by atoms with Crippen molar-refractivity contribution in [2.75, 3.05) is 19.8 Å². The van der Waals surface area contributed by atoms with Gasteiger partial charge in [-0.1, -0.05) is 0 Å². The molecule has 0 heterocycles. The lowest BCUT2D eigenvalue weighted by molar-refractivity contribution is -0.153. The van der Waals surface area contributed by atoms with Crippen LogP contribution in [-0.2, 0) is 28.1 Å². The molecule has 0 atom stereocenters. The molecule has 0 saturated carbocycles. The fourth-order valence-corrected chi connectivity index (χ4v) is 2.93. The molecule has 0 aromatic heterocycles. The van der Waals surface area contributed by atoms with Crippen molar-refractivity contribution in [3.63, 3.8) is 0 Å². The summed E-state index contributed by atoms with van der Waals surface area (Å²) >= 11 is 0. The van der Waals surface area contributed by atoms with Gasteiger partial charge in [-0.15, -0.1) is 0 Å². The Bertz CT molecular complexity index is 375. The highest BCUT2D eigenvalue weighted by molar-refractivity contribution is 7.51. The highest BCUT2D eigenvalue weighted by Crippen LogP contribution is 2.30. The Labute approximate surface area is 127 Å². The second-order valence-electron chi connectivity index (χ2n) is 5.12. The number of carbonyl (C=O) groups excluding carboxylic acids is 2. The zero-order valence-electron chi connectivity index (χ0n) is 13.8. The van der Waals surface area contributed by atoms with Crippen LogP contribution in [0.5, 0.6) is 0 Å². The molecule has 0 amide bonds. The van der Waals surface area contributed by atoms with Crippen molar-refractivity contribution in [2.24, 2.45) is 0 Å². The summed E-state index contributed by atoms with van der Waals surface area (Å²) in [4.78, 5) is 24.0.